The van der Waals surface area contributed by atoms with Crippen molar-refractivity contribution in [2.45, 2.75) is 96.5 Å². The maximum atomic E-state index is 12.6. The first-order chi connectivity index (χ1) is 20.0. The number of benzene rings is 2. The zero-order valence-corrected chi connectivity index (χ0v) is 23.9. The van der Waals surface area contributed by atoms with Crippen molar-refractivity contribution in [2.24, 2.45) is 4.99 Å². The molecule has 218 valence electrons. The summed E-state index contributed by atoms with van der Waals surface area (Å²) in [5.74, 6) is 0.185. The van der Waals surface area contributed by atoms with Crippen LogP contribution in [0.1, 0.15) is 101 Å². The first-order valence-corrected chi connectivity index (χ1v) is 14.5. The van der Waals surface area contributed by atoms with E-state index in [9.17, 15) is 14.4 Å². The Morgan fingerprint density at radius 1 is 0.878 bits per heavy atom. The van der Waals surface area contributed by atoms with Crippen molar-refractivity contribution < 1.29 is 28.6 Å². The summed E-state index contributed by atoms with van der Waals surface area (Å²) < 4.78 is 15.9. The normalized spacial score (nSPS) is 11.3. The molecular formula is C33H40N2O6. The number of ether oxygens (including phenoxy) is 3. The van der Waals surface area contributed by atoms with Gasteiger partial charge in [0.1, 0.15) is 17.6 Å². The number of carbonyl (C=O) groups excluding carboxylic acids is 3. The van der Waals surface area contributed by atoms with E-state index >= 15 is 0 Å². The first kappa shape index (κ1) is 33.0. The standard InChI is InChI=1S/C33H40N2O6/c1-2-3-4-11-14-30(41-33(38)27-17-21-29(22-18-27)39-25-34)15-12-9-7-5-6-8-10-13-16-32(37)40-31-23-19-28(20-24-31)35-26-36/h9,12,17-24,30H,2-8,10-11,13-16H2,1H3/t30-/m1/s1. The quantitative estimate of drug-likeness (QED) is 0.0304. The van der Waals surface area contributed by atoms with Crippen molar-refractivity contribution in [1.82, 2.24) is 0 Å². The van der Waals surface area contributed by atoms with Gasteiger partial charge in [0.25, 0.3) is 6.26 Å². The number of hydrogen-bond donors (Lipinski definition) is 0. The van der Waals surface area contributed by atoms with Crippen LogP contribution in [-0.2, 0) is 14.3 Å². The van der Waals surface area contributed by atoms with Gasteiger partial charge in [0.2, 0.25) is 6.08 Å². The lowest BCUT2D eigenvalue weighted by molar-refractivity contribution is -0.134. The third-order valence-electron chi connectivity index (χ3n) is 6.47. The van der Waals surface area contributed by atoms with Gasteiger partial charge in [0.15, 0.2) is 0 Å². The second kappa shape index (κ2) is 20.7. The molecule has 8 nitrogen and oxygen atoms in total. The van der Waals surface area contributed by atoms with Crippen LogP contribution < -0.4 is 9.47 Å². The van der Waals surface area contributed by atoms with Gasteiger partial charge in [-0.3, -0.25) is 4.79 Å². The van der Waals surface area contributed by atoms with Crippen molar-refractivity contribution in [3.63, 3.8) is 0 Å². The molecule has 0 amide bonds. The summed E-state index contributed by atoms with van der Waals surface area (Å²) in [7, 11) is 0. The van der Waals surface area contributed by atoms with Crippen molar-refractivity contribution >= 4 is 23.7 Å². The molecule has 2 aromatic carbocycles. The van der Waals surface area contributed by atoms with E-state index in [1.807, 2.05) is 0 Å². The number of unbranched alkanes of at least 4 members (excludes halogenated alkanes) is 8. The second-order valence-electron chi connectivity index (χ2n) is 9.78. The number of allylic oxidation sites excluding steroid dienone is 1. The number of carbonyl (C=O) groups is 2. The van der Waals surface area contributed by atoms with Gasteiger partial charge >= 0.3 is 11.9 Å². The van der Waals surface area contributed by atoms with Crippen LogP contribution in [0.3, 0.4) is 0 Å². The molecule has 0 bridgehead atoms. The molecule has 2 aromatic rings. The van der Waals surface area contributed by atoms with Crippen LogP contribution in [0, 0.1) is 11.5 Å². The Morgan fingerprint density at radius 3 is 2.27 bits per heavy atom. The Balaban J connectivity index is 1.63. The van der Waals surface area contributed by atoms with E-state index in [0.717, 1.165) is 64.2 Å². The zero-order valence-electron chi connectivity index (χ0n) is 23.9. The van der Waals surface area contributed by atoms with Crippen molar-refractivity contribution in [3.05, 3.63) is 66.2 Å². The zero-order chi connectivity index (χ0) is 29.5. The molecule has 0 aliphatic carbocycles. The third-order valence-corrected chi connectivity index (χ3v) is 6.47. The lowest BCUT2D eigenvalue weighted by Gasteiger charge is -2.16. The number of hydrogen-bond acceptors (Lipinski definition) is 8. The largest absolute Gasteiger partial charge is 0.458 e. The molecule has 2 rings (SSSR count). The molecule has 0 N–H and O–H groups in total. The van der Waals surface area contributed by atoms with E-state index < -0.39 is 0 Å². The van der Waals surface area contributed by atoms with Gasteiger partial charge in [-0.05, 0) is 80.6 Å². The summed E-state index contributed by atoms with van der Waals surface area (Å²) in [4.78, 5) is 38.4. The Labute approximate surface area is 243 Å². The minimum Gasteiger partial charge on any atom is -0.458 e. The van der Waals surface area contributed by atoms with Gasteiger partial charge in [0, 0.05) is 12.8 Å². The van der Waals surface area contributed by atoms with Crippen molar-refractivity contribution in [1.29, 1.82) is 5.26 Å². The van der Waals surface area contributed by atoms with Gasteiger partial charge in [-0.2, -0.15) is 4.99 Å². The maximum absolute atomic E-state index is 12.6. The van der Waals surface area contributed by atoms with Crippen LogP contribution in [0.2, 0.25) is 0 Å². The van der Waals surface area contributed by atoms with Crippen LogP contribution in [0.5, 0.6) is 11.5 Å². The molecular weight excluding hydrogens is 520 g/mol. The monoisotopic (exact) mass is 560 g/mol. The summed E-state index contributed by atoms with van der Waals surface area (Å²) in [6.07, 6.45) is 19.4. The van der Waals surface area contributed by atoms with E-state index in [4.69, 9.17) is 19.5 Å². The average molecular weight is 561 g/mol. The molecule has 0 unspecified atom stereocenters. The van der Waals surface area contributed by atoms with E-state index in [1.165, 1.54) is 12.5 Å². The molecule has 0 aliphatic heterocycles. The highest BCUT2D eigenvalue weighted by Crippen LogP contribution is 2.19. The van der Waals surface area contributed by atoms with E-state index in [2.05, 4.69) is 24.1 Å². The highest BCUT2D eigenvalue weighted by molar-refractivity contribution is 5.89. The summed E-state index contributed by atoms with van der Waals surface area (Å²) in [6.45, 7) is 2.17. The SMILES string of the molecule is CCCCCC[C@H](CC=CCCCCCCCC(=O)Oc1ccc(N=C=O)cc1)OC(=O)c1ccc(OC#N)cc1. The lowest BCUT2D eigenvalue weighted by Crippen LogP contribution is -2.18. The predicted octanol–water partition coefficient (Wildman–Crippen LogP) is 8.29. The summed E-state index contributed by atoms with van der Waals surface area (Å²) in [6, 6.07) is 12.8. The van der Waals surface area contributed by atoms with Gasteiger partial charge in [-0.25, -0.2) is 9.59 Å². The number of aliphatic imine (C=N–C) groups is 1. The topological polar surface area (TPSA) is 115 Å². The molecule has 0 aromatic heterocycles. The fourth-order valence-corrected chi connectivity index (χ4v) is 4.21. The molecule has 1 atom stereocenters. The second-order valence-corrected chi connectivity index (χ2v) is 9.78. The number of isocyanates is 1. The van der Waals surface area contributed by atoms with Crippen LogP contribution in [0.4, 0.5) is 5.69 Å². The molecule has 0 saturated carbocycles. The average Bonchev–Trinajstić information content (AvgIpc) is 2.97. The lowest BCUT2D eigenvalue weighted by atomic mass is 10.1. The van der Waals surface area contributed by atoms with E-state index in [1.54, 1.807) is 54.8 Å². The van der Waals surface area contributed by atoms with E-state index in [-0.39, 0.29) is 18.0 Å². The van der Waals surface area contributed by atoms with Gasteiger partial charge in [-0.15, -0.1) is 5.26 Å². The Kier molecular flexibility index (Phi) is 16.6. The molecule has 0 aliphatic rings. The van der Waals surface area contributed by atoms with Crippen LogP contribution in [-0.4, -0.2) is 24.1 Å². The molecule has 8 heteroatoms. The summed E-state index contributed by atoms with van der Waals surface area (Å²) in [5, 5.41) is 8.60. The minimum atomic E-state index is -0.367. The van der Waals surface area contributed by atoms with Gasteiger partial charge in [-0.1, -0.05) is 57.6 Å². The fourth-order valence-electron chi connectivity index (χ4n) is 4.21. The Morgan fingerprint density at radius 2 is 1.56 bits per heavy atom. The fraction of sp³-hybridized carbons (Fsp3) is 0.455. The molecule has 0 spiro atoms. The molecule has 41 heavy (non-hydrogen) atoms. The van der Waals surface area contributed by atoms with E-state index in [0.29, 0.717) is 35.6 Å². The Bertz CT molecular complexity index is 1160. The van der Waals surface area contributed by atoms with Crippen LogP contribution in [0.15, 0.2) is 65.7 Å². The summed E-state index contributed by atoms with van der Waals surface area (Å²) >= 11 is 0. The number of nitriles is 1. The number of nitrogens with zero attached hydrogens (tertiary/aromatic N) is 2. The number of rotatable bonds is 20. The minimum absolute atomic E-state index is 0.173. The van der Waals surface area contributed by atoms with Gasteiger partial charge in [0.05, 0.1) is 11.3 Å². The first-order valence-electron chi connectivity index (χ1n) is 14.5. The number of esters is 2. The summed E-state index contributed by atoms with van der Waals surface area (Å²) in [5.41, 5.74) is 0.901. The molecule has 0 fully saturated rings. The van der Waals surface area contributed by atoms with Gasteiger partial charge < -0.3 is 14.2 Å². The van der Waals surface area contributed by atoms with Crippen molar-refractivity contribution in [2.75, 3.05) is 0 Å². The molecule has 0 saturated heterocycles. The predicted molar refractivity (Wildman–Crippen MR) is 157 cm³/mol. The van der Waals surface area contributed by atoms with Crippen LogP contribution >= 0.6 is 0 Å². The Hall–Kier alpha value is -4.21. The molecule has 0 heterocycles. The van der Waals surface area contributed by atoms with Crippen LogP contribution in [0.25, 0.3) is 0 Å². The highest BCUT2D eigenvalue weighted by atomic mass is 16.5. The molecule has 0 radical (unpaired) electrons. The maximum Gasteiger partial charge on any atom is 0.338 e. The highest BCUT2D eigenvalue weighted by Gasteiger charge is 2.15. The third kappa shape index (κ3) is 14.7. The van der Waals surface area contributed by atoms with Crippen molar-refractivity contribution in [3.8, 4) is 17.8 Å². The smallest absolute Gasteiger partial charge is 0.338 e.